The van der Waals surface area contributed by atoms with Crippen LogP contribution in [0.15, 0.2) is 53.6 Å². The summed E-state index contributed by atoms with van der Waals surface area (Å²) in [4.78, 5) is 10.1. The van der Waals surface area contributed by atoms with Gasteiger partial charge in [-0.1, -0.05) is 12.1 Å². The zero-order valence-electron chi connectivity index (χ0n) is 10.8. The Morgan fingerprint density at radius 2 is 1.90 bits per heavy atom. The molecule has 102 valence electrons. The molecule has 0 atom stereocenters. The minimum Gasteiger partial charge on any atom is -0.495 e. The molecule has 2 aromatic rings. The molecule has 0 unspecified atom stereocenters. The molecule has 6 heteroatoms. The normalized spacial score (nSPS) is 10.4. The maximum atomic E-state index is 10.5. The molecule has 2 rings (SSSR count). The van der Waals surface area contributed by atoms with Crippen molar-refractivity contribution in [2.45, 2.75) is 0 Å². The number of benzene rings is 2. The van der Waals surface area contributed by atoms with E-state index in [2.05, 4.69) is 10.5 Å². The lowest BCUT2D eigenvalue weighted by Gasteiger charge is -2.06. The highest BCUT2D eigenvalue weighted by Crippen LogP contribution is 2.22. The highest BCUT2D eigenvalue weighted by atomic mass is 16.6. The molecule has 1 N–H and O–H groups in total. The van der Waals surface area contributed by atoms with Gasteiger partial charge in [0.05, 0.1) is 23.9 Å². The first-order valence-electron chi connectivity index (χ1n) is 5.87. The summed E-state index contributed by atoms with van der Waals surface area (Å²) >= 11 is 0. The summed E-state index contributed by atoms with van der Waals surface area (Å²) in [5.74, 6) is 0.688. The van der Waals surface area contributed by atoms with E-state index >= 15 is 0 Å². The fraction of sp³-hybridized carbons (Fsp3) is 0.0714. The Labute approximate surface area is 115 Å². The van der Waals surface area contributed by atoms with Crippen LogP contribution >= 0.6 is 0 Å². The topological polar surface area (TPSA) is 76.8 Å². The van der Waals surface area contributed by atoms with Gasteiger partial charge in [0.2, 0.25) is 0 Å². The van der Waals surface area contributed by atoms with E-state index < -0.39 is 4.92 Å². The van der Waals surface area contributed by atoms with Crippen LogP contribution in [0.1, 0.15) is 5.56 Å². The highest BCUT2D eigenvalue weighted by Gasteiger charge is 2.02. The molecule has 6 nitrogen and oxygen atoms in total. The Morgan fingerprint density at radius 3 is 2.55 bits per heavy atom. The zero-order chi connectivity index (χ0) is 14.4. The van der Waals surface area contributed by atoms with Crippen LogP contribution in [-0.4, -0.2) is 18.2 Å². The van der Waals surface area contributed by atoms with Crippen LogP contribution in [-0.2, 0) is 0 Å². The number of nitro benzene ring substituents is 1. The molecule has 0 aliphatic heterocycles. The van der Waals surface area contributed by atoms with Crippen LogP contribution in [0.5, 0.6) is 5.75 Å². The van der Waals surface area contributed by atoms with Crippen LogP contribution in [0.4, 0.5) is 11.4 Å². The van der Waals surface area contributed by atoms with Crippen molar-refractivity contribution in [3.8, 4) is 5.75 Å². The standard InChI is InChI=1S/C14H13N3O3/c1-20-14-5-3-2-4-13(14)16-15-10-11-6-8-12(9-7-11)17(18)19/h2-10,16H,1H3/b15-10+. The predicted molar refractivity (Wildman–Crippen MR) is 77.3 cm³/mol. The number of para-hydroxylation sites is 2. The molecule has 20 heavy (non-hydrogen) atoms. The Morgan fingerprint density at radius 1 is 1.20 bits per heavy atom. The van der Waals surface area contributed by atoms with E-state index in [4.69, 9.17) is 4.74 Å². The smallest absolute Gasteiger partial charge is 0.269 e. The average Bonchev–Trinajstić information content (AvgIpc) is 2.48. The predicted octanol–water partition coefficient (Wildman–Crippen LogP) is 3.05. The number of rotatable bonds is 5. The number of non-ortho nitro benzene ring substituents is 1. The molecule has 0 fully saturated rings. The van der Waals surface area contributed by atoms with Gasteiger partial charge in [-0.3, -0.25) is 15.5 Å². The molecule has 0 aliphatic rings. The van der Waals surface area contributed by atoms with E-state index in [1.165, 1.54) is 12.1 Å². The van der Waals surface area contributed by atoms with Gasteiger partial charge in [-0.15, -0.1) is 0 Å². The third-order valence-electron chi connectivity index (χ3n) is 2.61. The third kappa shape index (κ3) is 3.32. The summed E-state index contributed by atoms with van der Waals surface area (Å²) in [5.41, 5.74) is 4.42. The number of ether oxygens (including phenoxy) is 1. The lowest BCUT2D eigenvalue weighted by Crippen LogP contribution is -1.94. The first kappa shape index (κ1) is 13.5. The number of nitro groups is 1. The van der Waals surface area contributed by atoms with Gasteiger partial charge in [-0.25, -0.2) is 0 Å². The lowest BCUT2D eigenvalue weighted by atomic mass is 10.2. The van der Waals surface area contributed by atoms with Crippen LogP contribution in [0.3, 0.4) is 0 Å². The van der Waals surface area contributed by atoms with E-state index in [1.807, 2.05) is 24.3 Å². The molecule has 0 saturated carbocycles. The molecular formula is C14H13N3O3. The van der Waals surface area contributed by atoms with Crippen molar-refractivity contribution in [1.82, 2.24) is 0 Å². The van der Waals surface area contributed by atoms with Gasteiger partial charge >= 0.3 is 0 Å². The third-order valence-corrected chi connectivity index (χ3v) is 2.61. The van der Waals surface area contributed by atoms with E-state index in [-0.39, 0.29) is 5.69 Å². The van der Waals surface area contributed by atoms with Gasteiger partial charge in [0, 0.05) is 12.1 Å². The number of hydrogen-bond donors (Lipinski definition) is 1. The van der Waals surface area contributed by atoms with Crippen LogP contribution < -0.4 is 10.2 Å². The van der Waals surface area contributed by atoms with Crippen molar-refractivity contribution in [1.29, 1.82) is 0 Å². The quantitative estimate of drug-likeness (QED) is 0.515. The molecule has 2 aromatic carbocycles. The van der Waals surface area contributed by atoms with Crippen molar-refractivity contribution in [2.75, 3.05) is 12.5 Å². The van der Waals surface area contributed by atoms with E-state index in [9.17, 15) is 10.1 Å². The molecule has 0 saturated heterocycles. The molecule has 0 radical (unpaired) electrons. The second-order valence-corrected chi connectivity index (χ2v) is 3.92. The fourth-order valence-corrected chi connectivity index (χ4v) is 1.60. The number of nitrogens with zero attached hydrogens (tertiary/aromatic N) is 2. The van der Waals surface area contributed by atoms with E-state index in [1.54, 1.807) is 25.5 Å². The van der Waals surface area contributed by atoms with Crippen molar-refractivity contribution in [3.05, 3.63) is 64.2 Å². The fourth-order valence-electron chi connectivity index (χ4n) is 1.60. The lowest BCUT2D eigenvalue weighted by molar-refractivity contribution is -0.384. The Hall–Kier alpha value is -2.89. The van der Waals surface area contributed by atoms with Gasteiger partial charge in [-0.2, -0.15) is 5.10 Å². The minimum atomic E-state index is -0.437. The van der Waals surface area contributed by atoms with Crippen molar-refractivity contribution < 1.29 is 9.66 Å². The summed E-state index contributed by atoms with van der Waals surface area (Å²) < 4.78 is 5.18. The first-order valence-corrected chi connectivity index (χ1v) is 5.87. The summed E-state index contributed by atoms with van der Waals surface area (Å²) in [6, 6.07) is 13.5. The first-order chi connectivity index (χ1) is 9.70. The number of methoxy groups -OCH3 is 1. The molecule has 0 aromatic heterocycles. The monoisotopic (exact) mass is 271 g/mol. The Kier molecular flexibility index (Phi) is 4.28. The number of nitrogens with one attached hydrogen (secondary N) is 1. The van der Waals surface area contributed by atoms with Crippen LogP contribution in [0.25, 0.3) is 0 Å². The molecule has 0 spiro atoms. The highest BCUT2D eigenvalue weighted by molar-refractivity contribution is 5.80. The summed E-state index contributed by atoms with van der Waals surface area (Å²) in [7, 11) is 1.58. The minimum absolute atomic E-state index is 0.0554. The van der Waals surface area contributed by atoms with Crippen molar-refractivity contribution in [3.63, 3.8) is 0 Å². The average molecular weight is 271 g/mol. The summed E-state index contributed by atoms with van der Waals surface area (Å²) in [6.45, 7) is 0. The number of hydrogen-bond acceptors (Lipinski definition) is 5. The van der Waals surface area contributed by atoms with Crippen molar-refractivity contribution >= 4 is 17.6 Å². The molecule has 0 aliphatic carbocycles. The molecule has 0 heterocycles. The second kappa shape index (κ2) is 6.33. The molecule has 0 amide bonds. The largest absolute Gasteiger partial charge is 0.495 e. The Bertz CT molecular complexity index is 624. The Balaban J connectivity index is 2.04. The number of anilines is 1. The molecule has 0 bridgehead atoms. The summed E-state index contributed by atoms with van der Waals surface area (Å²) in [6.07, 6.45) is 1.58. The number of hydrazone groups is 1. The molecular weight excluding hydrogens is 258 g/mol. The van der Waals surface area contributed by atoms with Crippen LogP contribution in [0.2, 0.25) is 0 Å². The van der Waals surface area contributed by atoms with Crippen molar-refractivity contribution in [2.24, 2.45) is 5.10 Å². The van der Waals surface area contributed by atoms with Gasteiger partial charge in [0.15, 0.2) is 0 Å². The van der Waals surface area contributed by atoms with Crippen LogP contribution in [0, 0.1) is 10.1 Å². The maximum absolute atomic E-state index is 10.5. The second-order valence-electron chi connectivity index (χ2n) is 3.92. The van der Waals surface area contributed by atoms with Gasteiger partial charge < -0.3 is 4.74 Å². The summed E-state index contributed by atoms with van der Waals surface area (Å²) in [5, 5.41) is 14.6. The van der Waals surface area contributed by atoms with Gasteiger partial charge in [-0.05, 0) is 29.8 Å². The maximum Gasteiger partial charge on any atom is 0.269 e. The SMILES string of the molecule is COc1ccccc1N/N=C/c1ccc([N+](=O)[O-])cc1. The van der Waals surface area contributed by atoms with Gasteiger partial charge in [0.25, 0.3) is 5.69 Å². The van der Waals surface area contributed by atoms with Gasteiger partial charge in [0.1, 0.15) is 5.75 Å². The van der Waals surface area contributed by atoms with E-state index in [0.29, 0.717) is 5.75 Å². The zero-order valence-corrected chi connectivity index (χ0v) is 10.8. The van der Waals surface area contributed by atoms with E-state index in [0.717, 1.165) is 11.3 Å².